The topological polar surface area (TPSA) is 68.0 Å². The predicted molar refractivity (Wildman–Crippen MR) is 109 cm³/mol. The normalized spacial score (nSPS) is 11.1. The van der Waals surface area contributed by atoms with E-state index in [-0.39, 0.29) is 5.91 Å². The molecular formula is C21H14BrN3O2. The van der Waals surface area contributed by atoms with Crippen LogP contribution in [0.1, 0.15) is 5.56 Å². The molecule has 0 fully saturated rings. The van der Waals surface area contributed by atoms with Crippen LogP contribution in [0, 0.1) is 0 Å². The highest BCUT2D eigenvalue weighted by atomic mass is 79.9. The molecule has 4 rings (SSSR count). The van der Waals surface area contributed by atoms with Crippen molar-refractivity contribution in [2.45, 2.75) is 0 Å². The van der Waals surface area contributed by atoms with Crippen LogP contribution in [0.3, 0.4) is 0 Å². The Morgan fingerprint density at radius 1 is 1.07 bits per heavy atom. The van der Waals surface area contributed by atoms with Crippen LogP contribution in [-0.2, 0) is 4.79 Å². The number of aromatic nitrogens is 2. The van der Waals surface area contributed by atoms with Crippen LogP contribution in [0.15, 0.2) is 82.0 Å². The van der Waals surface area contributed by atoms with Gasteiger partial charge in [0.25, 0.3) is 0 Å². The number of anilines is 1. The first-order valence-electron chi connectivity index (χ1n) is 8.23. The first kappa shape index (κ1) is 17.2. The Morgan fingerprint density at radius 2 is 1.93 bits per heavy atom. The van der Waals surface area contributed by atoms with Gasteiger partial charge in [-0.1, -0.05) is 30.3 Å². The molecule has 2 aromatic carbocycles. The monoisotopic (exact) mass is 419 g/mol. The van der Waals surface area contributed by atoms with Gasteiger partial charge in [0.15, 0.2) is 5.58 Å². The van der Waals surface area contributed by atoms with Gasteiger partial charge in [0.05, 0.1) is 5.56 Å². The maximum absolute atomic E-state index is 12.1. The van der Waals surface area contributed by atoms with Crippen LogP contribution < -0.4 is 5.32 Å². The number of benzene rings is 2. The van der Waals surface area contributed by atoms with Crippen molar-refractivity contribution in [3.63, 3.8) is 0 Å². The average Bonchev–Trinajstić information content (AvgIpc) is 3.11. The lowest BCUT2D eigenvalue weighted by Crippen LogP contribution is -2.07. The van der Waals surface area contributed by atoms with Crippen LogP contribution in [0.4, 0.5) is 5.69 Å². The minimum Gasteiger partial charge on any atom is -0.436 e. The lowest BCUT2D eigenvalue weighted by atomic mass is 10.2. The third-order valence-electron chi connectivity index (χ3n) is 3.83. The molecule has 4 aromatic rings. The number of carbonyl (C=O) groups excluding carboxylic acids is 1. The van der Waals surface area contributed by atoms with Crippen molar-refractivity contribution in [2.24, 2.45) is 0 Å². The Morgan fingerprint density at radius 3 is 2.74 bits per heavy atom. The second kappa shape index (κ2) is 7.55. The van der Waals surface area contributed by atoms with E-state index in [0.717, 1.165) is 15.6 Å². The minimum absolute atomic E-state index is 0.210. The summed E-state index contributed by atoms with van der Waals surface area (Å²) in [5.41, 5.74) is 3.69. The first-order chi connectivity index (χ1) is 13.2. The largest absolute Gasteiger partial charge is 0.436 e. The summed E-state index contributed by atoms with van der Waals surface area (Å²) in [4.78, 5) is 20.7. The molecule has 0 unspecified atom stereocenters. The van der Waals surface area contributed by atoms with E-state index in [9.17, 15) is 4.79 Å². The van der Waals surface area contributed by atoms with Gasteiger partial charge in [0.2, 0.25) is 11.8 Å². The van der Waals surface area contributed by atoms with Crippen molar-refractivity contribution in [3.8, 4) is 11.5 Å². The highest BCUT2D eigenvalue weighted by Gasteiger charge is 2.10. The molecule has 0 aliphatic carbocycles. The van der Waals surface area contributed by atoms with E-state index in [1.54, 1.807) is 36.7 Å². The van der Waals surface area contributed by atoms with Gasteiger partial charge in [0.1, 0.15) is 5.52 Å². The predicted octanol–water partition coefficient (Wildman–Crippen LogP) is 5.30. The van der Waals surface area contributed by atoms with Gasteiger partial charge in [-0.25, -0.2) is 4.98 Å². The van der Waals surface area contributed by atoms with Crippen LogP contribution in [-0.4, -0.2) is 15.9 Å². The summed E-state index contributed by atoms with van der Waals surface area (Å²) in [6.45, 7) is 0. The highest BCUT2D eigenvalue weighted by molar-refractivity contribution is 9.10. The van der Waals surface area contributed by atoms with E-state index < -0.39 is 0 Å². The molecule has 1 N–H and O–H groups in total. The van der Waals surface area contributed by atoms with Gasteiger partial charge < -0.3 is 9.73 Å². The number of pyridine rings is 1. The van der Waals surface area contributed by atoms with E-state index in [2.05, 4.69) is 31.2 Å². The van der Waals surface area contributed by atoms with Crippen molar-refractivity contribution in [3.05, 3.63) is 83.1 Å². The summed E-state index contributed by atoms with van der Waals surface area (Å²) in [5, 5.41) is 2.84. The van der Waals surface area contributed by atoms with Crippen LogP contribution in [0.25, 0.3) is 28.6 Å². The van der Waals surface area contributed by atoms with Gasteiger partial charge in [0, 0.05) is 28.6 Å². The maximum Gasteiger partial charge on any atom is 0.248 e. The smallest absolute Gasteiger partial charge is 0.248 e. The SMILES string of the molecule is O=C(C=Cc1ccccc1)Nc1ccc2oc(-c3cncc(Br)c3)nc2c1. The van der Waals surface area contributed by atoms with E-state index in [4.69, 9.17) is 4.42 Å². The Labute approximate surface area is 163 Å². The fourth-order valence-electron chi connectivity index (χ4n) is 2.58. The Balaban J connectivity index is 1.53. The number of fused-ring (bicyclic) bond motifs is 1. The quantitative estimate of drug-likeness (QED) is 0.455. The average molecular weight is 420 g/mol. The van der Waals surface area contributed by atoms with Crippen molar-refractivity contribution in [1.29, 1.82) is 0 Å². The van der Waals surface area contributed by atoms with E-state index in [1.165, 1.54) is 6.08 Å². The Bertz CT molecular complexity index is 1140. The molecule has 2 heterocycles. The number of oxazole rings is 1. The van der Waals surface area contributed by atoms with Crippen LogP contribution in [0.2, 0.25) is 0 Å². The zero-order valence-electron chi connectivity index (χ0n) is 14.1. The van der Waals surface area contributed by atoms with Gasteiger partial charge in [-0.15, -0.1) is 0 Å². The lowest BCUT2D eigenvalue weighted by molar-refractivity contribution is -0.111. The van der Waals surface area contributed by atoms with E-state index in [0.29, 0.717) is 22.7 Å². The van der Waals surface area contributed by atoms with Crippen molar-refractivity contribution in [2.75, 3.05) is 5.32 Å². The number of amides is 1. The number of hydrogen-bond acceptors (Lipinski definition) is 4. The number of nitrogens with one attached hydrogen (secondary N) is 1. The summed E-state index contributed by atoms with van der Waals surface area (Å²) in [7, 11) is 0. The zero-order chi connectivity index (χ0) is 18.6. The number of rotatable bonds is 4. The van der Waals surface area contributed by atoms with Crippen molar-refractivity contribution in [1.82, 2.24) is 9.97 Å². The van der Waals surface area contributed by atoms with Crippen LogP contribution in [0.5, 0.6) is 0 Å². The molecule has 0 saturated carbocycles. The number of nitrogens with zero attached hydrogens (tertiary/aromatic N) is 2. The molecule has 0 radical (unpaired) electrons. The summed E-state index contributed by atoms with van der Waals surface area (Å²) >= 11 is 3.39. The Hall–Kier alpha value is -3.25. The fraction of sp³-hybridized carbons (Fsp3) is 0. The molecule has 132 valence electrons. The second-order valence-electron chi connectivity index (χ2n) is 5.83. The summed E-state index contributed by atoms with van der Waals surface area (Å²) in [6.07, 6.45) is 6.65. The summed E-state index contributed by atoms with van der Waals surface area (Å²) in [6, 6.07) is 16.9. The highest BCUT2D eigenvalue weighted by Crippen LogP contribution is 2.27. The number of halogens is 1. The molecule has 0 aliphatic rings. The molecule has 0 saturated heterocycles. The number of carbonyl (C=O) groups is 1. The summed E-state index contributed by atoms with van der Waals surface area (Å²) in [5.74, 6) is 0.268. The molecular weight excluding hydrogens is 406 g/mol. The lowest BCUT2D eigenvalue weighted by Gasteiger charge is -2.01. The molecule has 5 nitrogen and oxygen atoms in total. The van der Waals surface area contributed by atoms with E-state index in [1.807, 2.05) is 36.4 Å². The van der Waals surface area contributed by atoms with Crippen molar-refractivity contribution >= 4 is 44.7 Å². The van der Waals surface area contributed by atoms with Gasteiger partial charge >= 0.3 is 0 Å². The third kappa shape index (κ3) is 4.12. The van der Waals surface area contributed by atoms with Gasteiger partial charge in [-0.3, -0.25) is 9.78 Å². The molecule has 6 heteroatoms. The van der Waals surface area contributed by atoms with E-state index >= 15 is 0 Å². The number of hydrogen-bond donors (Lipinski definition) is 1. The zero-order valence-corrected chi connectivity index (χ0v) is 15.7. The molecule has 0 spiro atoms. The van der Waals surface area contributed by atoms with Gasteiger partial charge in [-0.2, -0.15) is 0 Å². The van der Waals surface area contributed by atoms with Crippen molar-refractivity contribution < 1.29 is 9.21 Å². The molecule has 0 bridgehead atoms. The maximum atomic E-state index is 12.1. The second-order valence-corrected chi connectivity index (χ2v) is 6.74. The third-order valence-corrected chi connectivity index (χ3v) is 4.27. The molecule has 0 aliphatic heterocycles. The molecule has 0 atom stereocenters. The molecule has 27 heavy (non-hydrogen) atoms. The molecule has 1 amide bonds. The first-order valence-corrected chi connectivity index (χ1v) is 9.02. The fourth-order valence-corrected chi connectivity index (χ4v) is 2.94. The standard InChI is InChI=1S/C21H14BrN3O2/c22-16-10-15(12-23-13-16)21-25-18-11-17(7-8-19(18)27-21)24-20(26)9-6-14-4-2-1-3-5-14/h1-13H,(H,24,26). The van der Waals surface area contributed by atoms with Gasteiger partial charge in [-0.05, 0) is 51.8 Å². The van der Waals surface area contributed by atoms with Crippen LogP contribution >= 0.6 is 15.9 Å². The summed E-state index contributed by atoms with van der Waals surface area (Å²) < 4.78 is 6.62. The minimum atomic E-state index is -0.210. The molecule has 2 aromatic heterocycles. The Kier molecular flexibility index (Phi) is 4.80.